The number of carboxylic acid groups (broad SMARTS) is 1. The number of rotatable bonds is 4. The first-order chi connectivity index (χ1) is 11.1. The van der Waals surface area contributed by atoms with Crippen LogP contribution in [0.1, 0.15) is 5.56 Å². The summed E-state index contributed by atoms with van der Waals surface area (Å²) in [6.07, 6.45) is -4.61. The Labute approximate surface area is 153 Å². The van der Waals surface area contributed by atoms with Gasteiger partial charge in [0.1, 0.15) is 0 Å². The fourth-order valence-corrected chi connectivity index (χ4v) is 2.89. The van der Waals surface area contributed by atoms with E-state index in [0.717, 1.165) is 5.56 Å². The van der Waals surface area contributed by atoms with Gasteiger partial charge in [-0.1, -0.05) is 17.7 Å². The van der Waals surface area contributed by atoms with Crippen LogP contribution in [0.5, 0.6) is 0 Å². The van der Waals surface area contributed by atoms with Crippen LogP contribution in [0, 0.1) is 18.8 Å². The number of aliphatic carboxylic acids is 1. The van der Waals surface area contributed by atoms with Crippen LogP contribution in [-0.4, -0.2) is 47.7 Å². The van der Waals surface area contributed by atoms with Crippen molar-refractivity contribution in [1.29, 1.82) is 0 Å². The van der Waals surface area contributed by atoms with Crippen molar-refractivity contribution in [2.75, 3.05) is 25.0 Å². The van der Waals surface area contributed by atoms with E-state index in [4.69, 9.17) is 16.7 Å². The first-order valence-electron chi connectivity index (χ1n) is 7.16. The highest BCUT2D eigenvalue weighted by Crippen LogP contribution is 2.37. The summed E-state index contributed by atoms with van der Waals surface area (Å²) in [7, 11) is 0. The van der Waals surface area contributed by atoms with Crippen LogP contribution >= 0.6 is 24.0 Å². The number of likely N-dealkylation sites (tertiary alicyclic amines) is 1. The van der Waals surface area contributed by atoms with Crippen LogP contribution in [0.4, 0.5) is 18.9 Å². The summed E-state index contributed by atoms with van der Waals surface area (Å²) >= 11 is 5.84. The van der Waals surface area contributed by atoms with E-state index in [9.17, 15) is 22.8 Å². The summed E-state index contributed by atoms with van der Waals surface area (Å²) in [6, 6.07) is 4.89. The fourth-order valence-electron chi connectivity index (χ4n) is 2.72. The van der Waals surface area contributed by atoms with E-state index in [0.29, 0.717) is 10.7 Å². The monoisotopic (exact) mass is 400 g/mol. The smallest absolute Gasteiger partial charge is 0.393 e. The molecule has 0 aromatic heterocycles. The van der Waals surface area contributed by atoms with E-state index in [1.165, 1.54) is 11.0 Å². The number of amides is 1. The average Bonchev–Trinajstić information content (AvgIpc) is 2.87. The van der Waals surface area contributed by atoms with Crippen LogP contribution in [0.3, 0.4) is 0 Å². The second-order valence-corrected chi connectivity index (χ2v) is 6.23. The number of halogens is 5. The number of aryl methyl sites for hydroxylation is 1. The van der Waals surface area contributed by atoms with Gasteiger partial charge >= 0.3 is 12.1 Å². The van der Waals surface area contributed by atoms with Gasteiger partial charge in [0.25, 0.3) is 0 Å². The molecule has 0 radical (unpaired) electrons. The summed E-state index contributed by atoms with van der Waals surface area (Å²) in [6.45, 7) is 0.605. The molecule has 1 aromatic carbocycles. The molecule has 1 saturated heterocycles. The Balaban J connectivity index is 0.00000312. The van der Waals surface area contributed by atoms with Crippen molar-refractivity contribution in [2.24, 2.45) is 11.8 Å². The number of nitrogens with zero attached hydrogens (tertiary/aromatic N) is 1. The molecule has 0 unspecified atom stereocenters. The van der Waals surface area contributed by atoms with Gasteiger partial charge in [0.2, 0.25) is 5.91 Å². The van der Waals surface area contributed by atoms with Crippen molar-refractivity contribution in [3.8, 4) is 0 Å². The molecule has 25 heavy (non-hydrogen) atoms. The fraction of sp³-hybridized carbons (Fsp3) is 0.467. The van der Waals surface area contributed by atoms with E-state index in [2.05, 4.69) is 5.32 Å². The molecule has 10 heteroatoms. The standard InChI is InChI=1S/C15H16ClF3N2O3.ClH/c1-8-2-3-9(16)4-12(8)20-13(22)7-21-5-10(14(23)24)11(6-21)15(17,18)19;/h2-4,10-11H,5-7H2,1H3,(H,20,22)(H,23,24);1H/t10-,11-;/m1./s1. The van der Waals surface area contributed by atoms with Crippen LogP contribution in [-0.2, 0) is 9.59 Å². The maximum Gasteiger partial charge on any atom is 0.393 e. The molecule has 1 heterocycles. The normalized spacial score (nSPS) is 20.8. The molecular formula is C15H17Cl2F3N2O3. The van der Waals surface area contributed by atoms with Gasteiger partial charge in [0.15, 0.2) is 0 Å². The first kappa shape index (κ1) is 21.5. The van der Waals surface area contributed by atoms with Gasteiger partial charge in [0, 0.05) is 23.8 Å². The Morgan fingerprint density at radius 3 is 2.52 bits per heavy atom. The minimum atomic E-state index is -4.61. The average molecular weight is 401 g/mol. The maximum absolute atomic E-state index is 12.9. The lowest BCUT2D eigenvalue weighted by Crippen LogP contribution is -2.34. The Bertz CT molecular complexity index is 655. The van der Waals surface area contributed by atoms with E-state index in [1.54, 1.807) is 19.1 Å². The number of carbonyl (C=O) groups excluding carboxylic acids is 1. The minimum absolute atomic E-state index is 0. The number of hydrogen-bond acceptors (Lipinski definition) is 3. The Morgan fingerprint density at radius 1 is 1.36 bits per heavy atom. The van der Waals surface area contributed by atoms with Crippen LogP contribution in [0.25, 0.3) is 0 Å². The third-order valence-electron chi connectivity index (χ3n) is 3.97. The quantitative estimate of drug-likeness (QED) is 0.813. The number of nitrogens with one attached hydrogen (secondary N) is 1. The second-order valence-electron chi connectivity index (χ2n) is 5.79. The molecule has 1 amide bonds. The lowest BCUT2D eigenvalue weighted by atomic mass is 9.96. The summed E-state index contributed by atoms with van der Waals surface area (Å²) in [4.78, 5) is 24.3. The number of benzene rings is 1. The predicted molar refractivity (Wildman–Crippen MR) is 89.2 cm³/mol. The third-order valence-corrected chi connectivity index (χ3v) is 4.21. The lowest BCUT2D eigenvalue weighted by Gasteiger charge is -2.18. The van der Waals surface area contributed by atoms with Crippen LogP contribution in [0.15, 0.2) is 18.2 Å². The molecular weight excluding hydrogens is 384 g/mol. The molecule has 5 nitrogen and oxygen atoms in total. The van der Waals surface area contributed by atoms with E-state index >= 15 is 0 Å². The van der Waals surface area contributed by atoms with Gasteiger partial charge in [-0.15, -0.1) is 12.4 Å². The van der Waals surface area contributed by atoms with Gasteiger partial charge in [-0.05, 0) is 24.6 Å². The summed E-state index contributed by atoms with van der Waals surface area (Å²) in [5.74, 6) is -5.57. The van der Waals surface area contributed by atoms with Crippen LogP contribution in [0.2, 0.25) is 5.02 Å². The molecule has 0 aliphatic carbocycles. The lowest BCUT2D eigenvalue weighted by molar-refractivity contribution is -0.188. The Kier molecular flexibility index (Phi) is 7.10. The van der Waals surface area contributed by atoms with Crippen molar-refractivity contribution in [1.82, 2.24) is 4.90 Å². The molecule has 1 aliphatic heterocycles. The molecule has 0 bridgehead atoms. The zero-order valence-corrected chi connectivity index (χ0v) is 14.7. The molecule has 0 saturated carbocycles. The highest BCUT2D eigenvalue weighted by atomic mass is 35.5. The van der Waals surface area contributed by atoms with E-state index < -0.39 is 36.4 Å². The molecule has 2 atom stereocenters. The summed E-state index contributed by atoms with van der Waals surface area (Å²) in [5.41, 5.74) is 1.22. The molecule has 2 N–H and O–H groups in total. The van der Waals surface area contributed by atoms with Crippen molar-refractivity contribution in [2.45, 2.75) is 13.1 Å². The van der Waals surface area contributed by atoms with Crippen molar-refractivity contribution < 1.29 is 27.9 Å². The molecule has 1 fully saturated rings. The first-order valence-corrected chi connectivity index (χ1v) is 7.53. The highest BCUT2D eigenvalue weighted by molar-refractivity contribution is 6.31. The van der Waals surface area contributed by atoms with Crippen molar-refractivity contribution in [3.05, 3.63) is 28.8 Å². The summed E-state index contributed by atoms with van der Waals surface area (Å²) in [5, 5.41) is 12.0. The van der Waals surface area contributed by atoms with Gasteiger partial charge in [-0.3, -0.25) is 14.5 Å². The van der Waals surface area contributed by atoms with Crippen LogP contribution < -0.4 is 5.32 Å². The number of carbonyl (C=O) groups is 2. The third kappa shape index (κ3) is 5.49. The molecule has 2 rings (SSSR count). The van der Waals surface area contributed by atoms with Gasteiger partial charge in [-0.2, -0.15) is 13.2 Å². The number of anilines is 1. The number of carboxylic acids is 1. The minimum Gasteiger partial charge on any atom is -0.481 e. The van der Waals surface area contributed by atoms with Gasteiger partial charge < -0.3 is 10.4 Å². The number of hydrogen-bond donors (Lipinski definition) is 2. The highest BCUT2D eigenvalue weighted by Gasteiger charge is 2.52. The summed E-state index contributed by atoms with van der Waals surface area (Å²) < 4.78 is 38.8. The SMILES string of the molecule is Cc1ccc(Cl)cc1NC(=O)CN1C[C@@H](C(F)(F)F)[C@H](C(=O)O)C1.Cl. The molecule has 1 aromatic rings. The second kappa shape index (κ2) is 8.25. The molecule has 0 spiro atoms. The van der Waals surface area contributed by atoms with Crippen molar-refractivity contribution in [3.63, 3.8) is 0 Å². The van der Waals surface area contributed by atoms with E-state index in [-0.39, 0.29) is 25.5 Å². The van der Waals surface area contributed by atoms with Gasteiger partial charge in [0.05, 0.1) is 18.4 Å². The van der Waals surface area contributed by atoms with Gasteiger partial charge in [-0.25, -0.2) is 0 Å². The zero-order chi connectivity index (χ0) is 18.1. The van der Waals surface area contributed by atoms with Crippen molar-refractivity contribution >= 4 is 41.6 Å². The molecule has 140 valence electrons. The molecule has 1 aliphatic rings. The predicted octanol–water partition coefficient (Wildman–Crippen LogP) is 3.20. The Hall–Kier alpha value is -1.51. The Morgan fingerprint density at radius 2 is 2.00 bits per heavy atom. The largest absolute Gasteiger partial charge is 0.481 e. The van der Waals surface area contributed by atoms with E-state index in [1.807, 2.05) is 0 Å². The topological polar surface area (TPSA) is 69.6 Å². The zero-order valence-electron chi connectivity index (χ0n) is 13.1. The number of alkyl halides is 3. The maximum atomic E-state index is 12.9.